The zero-order valence-corrected chi connectivity index (χ0v) is 34.5. The van der Waals surface area contributed by atoms with Crippen LogP contribution in [0.2, 0.25) is 0 Å². The van der Waals surface area contributed by atoms with Gasteiger partial charge in [-0.2, -0.15) is 47.0 Å². The van der Waals surface area contributed by atoms with Crippen LogP contribution in [0.4, 0.5) is 0 Å². The van der Waals surface area contributed by atoms with Gasteiger partial charge in [-0.05, 0) is 29.9 Å². The molecule has 0 saturated carbocycles. The first-order valence-electron chi connectivity index (χ1n) is 18.6. The summed E-state index contributed by atoms with van der Waals surface area (Å²) in [6.07, 6.45) is -23.0. The highest BCUT2D eigenvalue weighted by Gasteiger charge is 2.54. The number of hydrogen-bond donors (Lipinski definition) is 8. The molecule has 4 fully saturated rings. The highest BCUT2D eigenvalue weighted by molar-refractivity contribution is 7.99. The molecule has 20 unspecified atom stereocenters. The zero-order valence-electron chi connectivity index (χ0n) is 31.3. The van der Waals surface area contributed by atoms with Crippen molar-refractivity contribution in [1.29, 1.82) is 0 Å². The lowest BCUT2D eigenvalue weighted by Crippen LogP contribution is -2.67. The van der Waals surface area contributed by atoms with Crippen LogP contribution in [0.1, 0.15) is 41.5 Å². The Bertz CT molecular complexity index is 1060. The second-order valence-electron chi connectivity index (χ2n) is 13.7. The Morgan fingerprint density at radius 1 is 0.396 bits per heavy atom. The van der Waals surface area contributed by atoms with Crippen LogP contribution in [0.5, 0.6) is 0 Å². The van der Waals surface area contributed by atoms with E-state index < -0.39 is 117 Å². The molecule has 8 N–H and O–H groups in total. The molecule has 0 spiro atoms. The second kappa shape index (κ2) is 22.2. The average Bonchev–Trinajstić information content (AvgIpc) is 3.14. The van der Waals surface area contributed by atoms with Gasteiger partial charge in [0.15, 0.2) is 18.9 Å². The quantitative estimate of drug-likeness (QED) is 0.0882. The fourth-order valence-corrected chi connectivity index (χ4v) is 9.90. The van der Waals surface area contributed by atoms with E-state index in [9.17, 15) is 40.9 Å². The van der Waals surface area contributed by atoms with E-state index in [1.165, 1.54) is 23.5 Å². The van der Waals surface area contributed by atoms with Crippen molar-refractivity contribution in [1.82, 2.24) is 0 Å². The summed E-state index contributed by atoms with van der Waals surface area (Å²) in [5.41, 5.74) is 0. The molecule has 4 aliphatic rings. The van der Waals surface area contributed by atoms with Gasteiger partial charge in [0.2, 0.25) is 0 Å². The number of rotatable bonds is 18. The molecule has 0 aromatic carbocycles. The highest BCUT2D eigenvalue weighted by atomic mass is 32.2. The van der Waals surface area contributed by atoms with Crippen LogP contribution in [0.3, 0.4) is 0 Å². The maximum Gasteiger partial charge on any atom is 0.187 e. The summed E-state index contributed by atoms with van der Waals surface area (Å²) in [5.74, 6) is 4.22. The smallest absolute Gasteiger partial charge is 0.187 e. The van der Waals surface area contributed by atoms with E-state index in [4.69, 9.17) is 33.2 Å². The minimum atomic E-state index is -1.70. The Hall–Kier alpha value is 0.800. The number of thioether (sulfide) groups is 4. The number of aliphatic hydroxyl groups excluding tert-OH is 8. The van der Waals surface area contributed by atoms with Crippen LogP contribution in [0.15, 0.2) is 0 Å². The molecule has 4 saturated heterocycles. The molecule has 0 amide bonds. The molecular formula is C34H62O15S4. The number of aliphatic hydroxyl groups is 8. The van der Waals surface area contributed by atoms with Crippen LogP contribution in [0, 0.1) is 5.92 Å². The fraction of sp³-hybridized carbons (Fsp3) is 1.00. The summed E-state index contributed by atoms with van der Waals surface area (Å²) in [7, 11) is 0. The van der Waals surface area contributed by atoms with Gasteiger partial charge in [0.05, 0.1) is 36.6 Å². The Morgan fingerprint density at radius 2 is 0.698 bits per heavy atom. The lowest BCUT2D eigenvalue weighted by molar-refractivity contribution is -0.376. The van der Waals surface area contributed by atoms with Gasteiger partial charge in [0.1, 0.15) is 61.0 Å². The normalized spacial score (nSPS) is 46.8. The van der Waals surface area contributed by atoms with Crippen LogP contribution in [0.25, 0.3) is 0 Å². The maximum atomic E-state index is 11.5. The zero-order chi connectivity index (χ0) is 39.0. The van der Waals surface area contributed by atoms with Crippen LogP contribution in [-0.2, 0) is 33.2 Å². The molecule has 4 aliphatic heterocycles. The van der Waals surface area contributed by atoms with Gasteiger partial charge >= 0.3 is 0 Å². The molecule has 0 bridgehead atoms. The third-order valence-corrected chi connectivity index (χ3v) is 14.0. The summed E-state index contributed by atoms with van der Waals surface area (Å²) in [4.78, 5) is 0. The molecule has 4 rings (SSSR count). The lowest BCUT2D eigenvalue weighted by atomic mass is 9.91. The minimum Gasteiger partial charge on any atom is -0.390 e. The monoisotopic (exact) mass is 838 g/mol. The van der Waals surface area contributed by atoms with E-state index in [0.29, 0.717) is 28.8 Å². The molecule has 20 atom stereocenters. The summed E-state index contributed by atoms with van der Waals surface area (Å²) >= 11 is 6.15. The van der Waals surface area contributed by atoms with Crippen molar-refractivity contribution in [2.75, 3.05) is 46.0 Å². The van der Waals surface area contributed by atoms with Crippen molar-refractivity contribution in [3.63, 3.8) is 0 Å². The van der Waals surface area contributed by atoms with Gasteiger partial charge < -0.3 is 74.0 Å². The molecule has 53 heavy (non-hydrogen) atoms. The van der Waals surface area contributed by atoms with Gasteiger partial charge in [0, 0.05) is 28.9 Å². The Labute approximate surface area is 329 Å². The minimum absolute atomic E-state index is 0.282. The standard InChI is InChI=1S/C34H62O15S4/c1-7-50-11-17-15(5)21(35)26(40)32(44-17)48-30-19(13-52-9-3)46-34(28(42)24(30)38)49-31-20(14-53-10-4)45-33(27(41)25(31)39)47-29-18(12-51-8-2)43-16(6)22(36)23(29)37/h15-42H,7-14H2,1-6H3. The third kappa shape index (κ3) is 11.5. The van der Waals surface area contributed by atoms with Crippen LogP contribution < -0.4 is 0 Å². The van der Waals surface area contributed by atoms with Gasteiger partial charge in [0.25, 0.3) is 0 Å². The average molecular weight is 839 g/mol. The topological polar surface area (TPSA) is 226 Å². The summed E-state index contributed by atoms with van der Waals surface area (Å²) in [6.45, 7) is 11.3. The predicted molar refractivity (Wildman–Crippen MR) is 204 cm³/mol. The van der Waals surface area contributed by atoms with Crippen molar-refractivity contribution in [2.24, 2.45) is 5.92 Å². The molecule has 0 aliphatic carbocycles. The molecule has 4 heterocycles. The summed E-state index contributed by atoms with van der Waals surface area (Å²) < 4.78 is 42.9. The van der Waals surface area contributed by atoms with E-state index in [1.807, 2.05) is 27.7 Å². The molecule has 312 valence electrons. The first-order valence-corrected chi connectivity index (χ1v) is 23.2. The Morgan fingerprint density at radius 3 is 1.08 bits per heavy atom. The van der Waals surface area contributed by atoms with E-state index in [0.717, 1.165) is 11.5 Å². The largest absolute Gasteiger partial charge is 0.390 e. The molecule has 0 aromatic rings. The lowest BCUT2D eigenvalue weighted by Gasteiger charge is -2.49. The first-order chi connectivity index (χ1) is 25.3. The fourth-order valence-electron chi connectivity index (χ4n) is 6.84. The van der Waals surface area contributed by atoms with Crippen molar-refractivity contribution in [2.45, 2.75) is 158 Å². The van der Waals surface area contributed by atoms with Crippen molar-refractivity contribution in [3.8, 4) is 0 Å². The molecule has 0 aromatic heterocycles. The summed E-state index contributed by atoms with van der Waals surface area (Å²) in [5, 5.41) is 88.9. The van der Waals surface area contributed by atoms with Gasteiger partial charge in [-0.3, -0.25) is 0 Å². The Kier molecular flexibility index (Phi) is 19.5. The highest BCUT2D eigenvalue weighted by Crippen LogP contribution is 2.37. The van der Waals surface area contributed by atoms with Crippen LogP contribution >= 0.6 is 47.0 Å². The third-order valence-electron chi connectivity index (χ3n) is 10.1. The molecule has 19 heteroatoms. The van der Waals surface area contributed by atoms with E-state index in [2.05, 4.69) is 0 Å². The molecule has 15 nitrogen and oxygen atoms in total. The van der Waals surface area contributed by atoms with E-state index in [1.54, 1.807) is 37.4 Å². The Balaban J connectivity index is 1.50. The maximum absolute atomic E-state index is 11.5. The van der Waals surface area contributed by atoms with Crippen molar-refractivity contribution < 1.29 is 74.0 Å². The summed E-state index contributed by atoms with van der Waals surface area (Å²) in [6, 6.07) is 0. The van der Waals surface area contributed by atoms with Crippen molar-refractivity contribution in [3.05, 3.63) is 0 Å². The molecular weight excluding hydrogens is 777 g/mol. The van der Waals surface area contributed by atoms with Crippen molar-refractivity contribution >= 4 is 47.0 Å². The van der Waals surface area contributed by atoms with Gasteiger partial charge in [-0.25, -0.2) is 0 Å². The predicted octanol–water partition coefficient (Wildman–Crippen LogP) is -0.360. The van der Waals surface area contributed by atoms with Crippen LogP contribution in [-0.4, -0.2) is 203 Å². The first kappa shape index (κ1) is 46.5. The second-order valence-corrected chi connectivity index (χ2v) is 19.0. The van der Waals surface area contributed by atoms with Gasteiger partial charge in [-0.15, -0.1) is 0 Å². The molecule has 0 radical (unpaired) electrons. The SMILES string of the molecule is CCSCC1OC(OC2C(CSCC)OC(OC3C(CSCC)OC(OC4C(CSCC)OC(C)C(O)C4O)C(O)C3O)C(O)C2O)C(O)C(O)C1C. The number of hydrogen-bond acceptors (Lipinski definition) is 19. The number of ether oxygens (including phenoxy) is 7. The van der Waals surface area contributed by atoms with E-state index >= 15 is 0 Å². The van der Waals surface area contributed by atoms with Gasteiger partial charge in [-0.1, -0.05) is 34.6 Å². The van der Waals surface area contributed by atoms with E-state index in [-0.39, 0.29) is 11.7 Å².